The fourth-order valence-electron chi connectivity index (χ4n) is 5.29. The number of rotatable bonds is 5. The van der Waals surface area contributed by atoms with Gasteiger partial charge in [0.2, 0.25) is 0 Å². The molecular formula is C31H26N6O2S. The van der Waals surface area contributed by atoms with Gasteiger partial charge in [-0.3, -0.25) is 0 Å². The highest BCUT2D eigenvalue weighted by atomic mass is 32.1. The number of anilines is 2. The van der Waals surface area contributed by atoms with Crippen LogP contribution in [0.1, 0.15) is 22.2 Å². The fourth-order valence-corrected chi connectivity index (χ4v) is 6.12. The highest BCUT2D eigenvalue weighted by Crippen LogP contribution is 2.49. The number of ether oxygens (including phenoxy) is 2. The largest absolute Gasteiger partial charge is 0.497 e. The zero-order chi connectivity index (χ0) is 27.2. The third-order valence-electron chi connectivity index (χ3n) is 7.11. The Balaban J connectivity index is 1.47. The zero-order valence-corrected chi connectivity index (χ0v) is 23.0. The lowest BCUT2D eigenvalue weighted by Crippen LogP contribution is -2.46. The molecule has 2 aliphatic heterocycles. The molecule has 2 aromatic heterocycles. The van der Waals surface area contributed by atoms with Crippen molar-refractivity contribution in [2.45, 2.75) is 13.0 Å². The molecule has 1 N–H and O–H groups in total. The predicted molar refractivity (Wildman–Crippen MR) is 161 cm³/mol. The van der Waals surface area contributed by atoms with E-state index in [0.717, 1.165) is 39.8 Å². The van der Waals surface area contributed by atoms with Crippen molar-refractivity contribution in [3.63, 3.8) is 0 Å². The molecular weight excluding hydrogens is 520 g/mol. The van der Waals surface area contributed by atoms with Crippen LogP contribution >= 0.6 is 11.3 Å². The van der Waals surface area contributed by atoms with Crippen molar-refractivity contribution in [2.24, 2.45) is 9.98 Å². The molecule has 0 saturated carbocycles. The summed E-state index contributed by atoms with van der Waals surface area (Å²) in [5.41, 5.74) is 5.57. The van der Waals surface area contributed by atoms with Crippen LogP contribution in [0.5, 0.6) is 11.5 Å². The van der Waals surface area contributed by atoms with Crippen LogP contribution in [-0.2, 0) is 0 Å². The van der Waals surface area contributed by atoms with E-state index in [-0.39, 0.29) is 6.04 Å². The van der Waals surface area contributed by atoms with Crippen molar-refractivity contribution in [3.05, 3.63) is 106 Å². The number of thiophene rings is 1. The van der Waals surface area contributed by atoms with Crippen LogP contribution in [0.4, 0.5) is 22.9 Å². The molecule has 0 unspecified atom stereocenters. The molecule has 0 bridgehead atoms. The number of aromatic nitrogens is 2. The van der Waals surface area contributed by atoms with Gasteiger partial charge < -0.3 is 19.7 Å². The molecule has 4 heterocycles. The van der Waals surface area contributed by atoms with Gasteiger partial charge in [0.15, 0.2) is 17.5 Å². The minimum Gasteiger partial charge on any atom is -0.497 e. The van der Waals surface area contributed by atoms with E-state index < -0.39 is 0 Å². The maximum Gasteiger partial charge on any atom is 0.179 e. The van der Waals surface area contributed by atoms with Crippen molar-refractivity contribution < 1.29 is 9.47 Å². The van der Waals surface area contributed by atoms with Crippen molar-refractivity contribution >= 4 is 45.9 Å². The molecule has 0 amide bonds. The van der Waals surface area contributed by atoms with Gasteiger partial charge in [0.25, 0.3) is 0 Å². The third-order valence-corrected chi connectivity index (χ3v) is 8.04. The molecule has 8 nitrogen and oxygen atoms in total. The van der Waals surface area contributed by atoms with E-state index >= 15 is 0 Å². The Morgan fingerprint density at radius 2 is 1.70 bits per heavy atom. The monoisotopic (exact) mass is 546 g/mol. The average Bonchev–Trinajstić information content (AvgIpc) is 3.65. The second-order valence-corrected chi connectivity index (χ2v) is 10.4. The number of aliphatic imine (C=N–C) groups is 2. The number of hydrogen-bond donors (Lipinski definition) is 1. The van der Waals surface area contributed by atoms with Gasteiger partial charge in [-0.15, -0.1) is 11.3 Å². The van der Waals surface area contributed by atoms with E-state index in [2.05, 4.69) is 40.7 Å². The number of fused-ring (bicyclic) bond motifs is 4. The summed E-state index contributed by atoms with van der Waals surface area (Å²) in [5, 5.41) is 10.6. The number of hydrogen-bond acceptors (Lipinski definition) is 8. The molecule has 7 rings (SSSR count). The zero-order valence-electron chi connectivity index (χ0n) is 22.2. The molecule has 0 radical (unpaired) electrons. The lowest BCUT2D eigenvalue weighted by atomic mass is 9.98. The second kappa shape index (κ2) is 9.69. The highest BCUT2D eigenvalue weighted by molar-refractivity contribution is 7.10. The van der Waals surface area contributed by atoms with Crippen LogP contribution in [0.3, 0.4) is 0 Å². The molecule has 0 fully saturated rings. The highest BCUT2D eigenvalue weighted by Gasteiger charge is 2.42. The Bertz CT molecular complexity index is 1780. The van der Waals surface area contributed by atoms with E-state index in [0.29, 0.717) is 23.2 Å². The Morgan fingerprint density at radius 3 is 2.48 bits per heavy atom. The van der Waals surface area contributed by atoms with Crippen LogP contribution < -0.4 is 19.7 Å². The molecule has 40 heavy (non-hydrogen) atoms. The van der Waals surface area contributed by atoms with Crippen LogP contribution in [0.25, 0.3) is 5.69 Å². The first-order valence-electron chi connectivity index (χ1n) is 12.9. The summed E-state index contributed by atoms with van der Waals surface area (Å²) >= 11 is 1.72. The van der Waals surface area contributed by atoms with E-state index in [4.69, 9.17) is 24.6 Å². The first-order valence-corrected chi connectivity index (χ1v) is 13.8. The van der Waals surface area contributed by atoms with Gasteiger partial charge in [-0.2, -0.15) is 5.10 Å². The maximum absolute atomic E-state index is 5.69. The van der Waals surface area contributed by atoms with Crippen LogP contribution in [0.15, 0.2) is 100 Å². The molecule has 5 aromatic rings. The molecule has 2 aliphatic rings. The SMILES string of the molecule is COc1ccc(NC2=Nc3ccccc3N3C2=Nc2c(c(C)nn2-c2ccccc2)[C@H]3c2cccs2)c(OC)c1. The summed E-state index contributed by atoms with van der Waals surface area (Å²) < 4.78 is 13.0. The quantitative estimate of drug-likeness (QED) is 0.256. The van der Waals surface area contributed by atoms with Crippen LogP contribution in [-0.4, -0.2) is 35.7 Å². The Hall–Kier alpha value is -4.89. The summed E-state index contributed by atoms with van der Waals surface area (Å²) in [7, 11) is 3.28. The maximum atomic E-state index is 5.69. The molecule has 198 valence electrons. The molecule has 0 spiro atoms. The van der Waals surface area contributed by atoms with Gasteiger partial charge in [0, 0.05) is 16.5 Å². The van der Waals surface area contributed by atoms with E-state index in [1.165, 1.54) is 4.88 Å². The molecule has 0 aliphatic carbocycles. The third kappa shape index (κ3) is 3.85. The Morgan fingerprint density at radius 1 is 0.875 bits per heavy atom. The van der Waals surface area contributed by atoms with Gasteiger partial charge in [-0.1, -0.05) is 36.4 Å². The lowest BCUT2D eigenvalue weighted by molar-refractivity contribution is 0.395. The van der Waals surface area contributed by atoms with Crippen molar-refractivity contribution in [1.82, 2.24) is 9.78 Å². The number of benzene rings is 3. The summed E-state index contributed by atoms with van der Waals surface area (Å²) in [4.78, 5) is 13.8. The van der Waals surface area contributed by atoms with Crippen molar-refractivity contribution in [3.8, 4) is 17.2 Å². The number of nitrogens with zero attached hydrogens (tertiary/aromatic N) is 5. The summed E-state index contributed by atoms with van der Waals surface area (Å²) in [6, 6.07) is 28.1. The van der Waals surface area contributed by atoms with Crippen LogP contribution in [0.2, 0.25) is 0 Å². The molecule has 9 heteroatoms. The normalized spacial score (nSPS) is 15.4. The average molecular weight is 547 g/mol. The predicted octanol–water partition coefficient (Wildman–Crippen LogP) is 7.05. The first-order chi connectivity index (χ1) is 19.7. The number of nitrogens with one attached hydrogen (secondary N) is 1. The van der Waals surface area contributed by atoms with Gasteiger partial charge in [0.05, 0.1) is 42.7 Å². The Kier molecular flexibility index (Phi) is 5.86. The second-order valence-electron chi connectivity index (χ2n) is 9.43. The molecule has 3 aromatic carbocycles. The standard InChI is InChI=1S/C31H26N6O2S/c1-19-27-28(26-14-9-17-40-26)36-24-13-8-7-12-22(24)32-29(33-23-16-15-21(38-2)18-25(23)39-3)31(36)34-30(27)37(35-19)20-10-5-4-6-11-20/h4-18,28H,1-3H3,(H,32,33)/t28-/m1/s1. The van der Waals surface area contributed by atoms with Gasteiger partial charge >= 0.3 is 0 Å². The minimum atomic E-state index is -0.133. The van der Waals surface area contributed by atoms with Gasteiger partial charge in [-0.25, -0.2) is 14.7 Å². The lowest BCUT2D eigenvalue weighted by Gasteiger charge is -2.40. The number of aryl methyl sites for hydroxylation is 1. The van der Waals surface area contributed by atoms with E-state index in [1.54, 1.807) is 25.6 Å². The van der Waals surface area contributed by atoms with Gasteiger partial charge in [-0.05, 0) is 54.8 Å². The molecule has 0 saturated heterocycles. The number of amidine groups is 2. The minimum absolute atomic E-state index is 0.133. The van der Waals surface area contributed by atoms with Crippen molar-refractivity contribution in [2.75, 3.05) is 24.4 Å². The fraction of sp³-hybridized carbons (Fsp3) is 0.129. The number of methoxy groups -OCH3 is 2. The smallest absolute Gasteiger partial charge is 0.179 e. The Labute approximate surface area is 235 Å². The summed E-state index contributed by atoms with van der Waals surface area (Å²) in [5.74, 6) is 3.47. The summed E-state index contributed by atoms with van der Waals surface area (Å²) in [6.45, 7) is 2.06. The van der Waals surface area contributed by atoms with E-state index in [1.807, 2.05) is 71.4 Å². The van der Waals surface area contributed by atoms with Gasteiger partial charge in [0.1, 0.15) is 17.5 Å². The summed E-state index contributed by atoms with van der Waals surface area (Å²) in [6.07, 6.45) is 0. The van der Waals surface area contributed by atoms with Crippen LogP contribution in [0, 0.1) is 6.92 Å². The first kappa shape index (κ1) is 24.2. The van der Waals surface area contributed by atoms with E-state index in [9.17, 15) is 0 Å². The number of para-hydroxylation sites is 3. The topological polar surface area (TPSA) is 76.3 Å². The molecule has 1 atom stereocenters. The van der Waals surface area contributed by atoms with Crippen molar-refractivity contribution in [1.29, 1.82) is 0 Å².